The van der Waals surface area contributed by atoms with Crippen molar-refractivity contribution in [1.82, 2.24) is 0 Å². The van der Waals surface area contributed by atoms with Gasteiger partial charge in [-0.05, 0) is 25.3 Å². The van der Waals surface area contributed by atoms with E-state index in [0.717, 1.165) is 19.3 Å². The van der Waals surface area contributed by atoms with Gasteiger partial charge in [-0.3, -0.25) is 0 Å². The van der Waals surface area contributed by atoms with Gasteiger partial charge in [-0.25, -0.2) is 4.79 Å². The first kappa shape index (κ1) is 7.87. The Morgan fingerprint density at radius 2 is 2.55 bits per heavy atom. The number of terminal acetylenes is 1. The van der Waals surface area contributed by atoms with Crippen molar-refractivity contribution in [2.75, 3.05) is 0 Å². The van der Waals surface area contributed by atoms with E-state index < -0.39 is 5.97 Å². The molecule has 0 bridgehead atoms. The number of allylic oxidation sites excluding steroid dienone is 1. The SMILES string of the molecule is C#CC(=O)OC1C=CCCC1. The van der Waals surface area contributed by atoms with Gasteiger partial charge in [0.25, 0.3) is 0 Å². The molecule has 0 fully saturated rings. The molecule has 1 atom stereocenters. The van der Waals surface area contributed by atoms with E-state index in [1.54, 1.807) is 0 Å². The summed E-state index contributed by atoms with van der Waals surface area (Å²) in [7, 11) is 0. The molecule has 0 aromatic heterocycles. The van der Waals surface area contributed by atoms with Crippen molar-refractivity contribution in [3.63, 3.8) is 0 Å². The second-order valence-corrected chi connectivity index (χ2v) is 2.45. The molecule has 0 aromatic carbocycles. The number of carbonyl (C=O) groups is 1. The molecule has 1 rings (SSSR count). The molecule has 58 valence electrons. The molecular formula is C9H10O2. The van der Waals surface area contributed by atoms with Gasteiger partial charge in [0.1, 0.15) is 6.10 Å². The maximum absolute atomic E-state index is 10.6. The summed E-state index contributed by atoms with van der Waals surface area (Å²) in [6.07, 6.45) is 11.7. The van der Waals surface area contributed by atoms with Gasteiger partial charge < -0.3 is 4.74 Å². The molecule has 0 N–H and O–H groups in total. The van der Waals surface area contributed by atoms with Crippen molar-refractivity contribution in [3.05, 3.63) is 12.2 Å². The minimum absolute atomic E-state index is 0.0905. The van der Waals surface area contributed by atoms with Gasteiger partial charge in [0.2, 0.25) is 0 Å². The lowest BCUT2D eigenvalue weighted by Gasteiger charge is -2.14. The molecule has 0 aromatic rings. The Hall–Kier alpha value is -1.23. The van der Waals surface area contributed by atoms with Crippen molar-refractivity contribution in [2.45, 2.75) is 25.4 Å². The summed E-state index contributed by atoms with van der Waals surface area (Å²) in [5.41, 5.74) is 0. The van der Waals surface area contributed by atoms with Crippen molar-refractivity contribution >= 4 is 5.97 Å². The summed E-state index contributed by atoms with van der Waals surface area (Å²) in [5.74, 6) is 1.35. The minimum Gasteiger partial charge on any atom is -0.449 e. The number of hydrogen-bond acceptors (Lipinski definition) is 2. The van der Waals surface area contributed by atoms with E-state index >= 15 is 0 Å². The second-order valence-electron chi connectivity index (χ2n) is 2.45. The molecule has 11 heavy (non-hydrogen) atoms. The standard InChI is InChI=1S/C9H10O2/c1-2-9(10)11-8-6-4-3-5-7-8/h1,4,6,8H,3,5,7H2. The van der Waals surface area contributed by atoms with Crippen LogP contribution in [0, 0.1) is 12.3 Å². The van der Waals surface area contributed by atoms with Crippen LogP contribution in [0.5, 0.6) is 0 Å². The van der Waals surface area contributed by atoms with Crippen LogP contribution in [0.3, 0.4) is 0 Å². The Morgan fingerprint density at radius 1 is 1.73 bits per heavy atom. The number of ether oxygens (including phenoxy) is 1. The topological polar surface area (TPSA) is 26.3 Å². The third kappa shape index (κ3) is 2.46. The van der Waals surface area contributed by atoms with Crippen LogP contribution in [-0.2, 0) is 9.53 Å². The van der Waals surface area contributed by atoms with Gasteiger partial charge in [-0.2, -0.15) is 0 Å². The molecule has 0 radical (unpaired) electrons. The van der Waals surface area contributed by atoms with E-state index in [1.807, 2.05) is 18.1 Å². The summed E-state index contributed by atoms with van der Waals surface area (Å²) < 4.78 is 4.88. The van der Waals surface area contributed by atoms with Crippen LogP contribution >= 0.6 is 0 Å². The Labute approximate surface area is 66.2 Å². The zero-order chi connectivity index (χ0) is 8.10. The molecule has 2 nitrogen and oxygen atoms in total. The van der Waals surface area contributed by atoms with Gasteiger partial charge in [0, 0.05) is 5.92 Å². The normalized spacial score (nSPS) is 22.3. The molecule has 0 spiro atoms. The van der Waals surface area contributed by atoms with Crippen LogP contribution in [0.4, 0.5) is 0 Å². The van der Waals surface area contributed by atoms with Crippen LogP contribution in [-0.4, -0.2) is 12.1 Å². The van der Waals surface area contributed by atoms with Crippen molar-refractivity contribution in [3.8, 4) is 12.3 Å². The predicted octanol–water partition coefficient (Wildman–Crippen LogP) is 1.27. The Balaban J connectivity index is 2.37. The fourth-order valence-corrected chi connectivity index (χ4v) is 1.05. The lowest BCUT2D eigenvalue weighted by molar-refractivity contribution is -0.140. The lowest BCUT2D eigenvalue weighted by Crippen LogP contribution is -2.16. The third-order valence-corrected chi connectivity index (χ3v) is 1.59. The maximum Gasteiger partial charge on any atom is 0.384 e. The summed E-state index contributed by atoms with van der Waals surface area (Å²) in [4.78, 5) is 10.6. The molecule has 0 saturated heterocycles. The van der Waals surface area contributed by atoms with E-state index in [2.05, 4.69) is 0 Å². The molecule has 2 heteroatoms. The molecular weight excluding hydrogens is 140 g/mol. The molecule has 0 saturated carbocycles. The molecule has 1 unspecified atom stereocenters. The van der Waals surface area contributed by atoms with Crippen LogP contribution in [0.1, 0.15) is 19.3 Å². The van der Waals surface area contributed by atoms with Gasteiger partial charge in [-0.15, -0.1) is 6.42 Å². The van der Waals surface area contributed by atoms with Gasteiger partial charge in [-0.1, -0.05) is 6.08 Å². The van der Waals surface area contributed by atoms with Crippen LogP contribution in [0.25, 0.3) is 0 Å². The first-order valence-corrected chi connectivity index (χ1v) is 3.67. The molecule has 0 amide bonds. The second kappa shape index (κ2) is 3.82. The largest absolute Gasteiger partial charge is 0.449 e. The molecule has 1 aliphatic rings. The van der Waals surface area contributed by atoms with E-state index in [9.17, 15) is 4.79 Å². The first-order valence-electron chi connectivity index (χ1n) is 3.67. The Bertz CT molecular complexity index is 210. The highest BCUT2D eigenvalue weighted by Crippen LogP contribution is 2.13. The van der Waals surface area contributed by atoms with Crippen molar-refractivity contribution < 1.29 is 9.53 Å². The smallest absolute Gasteiger partial charge is 0.384 e. The van der Waals surface area contributed by atoms with E-state index in [1.165, 1.54) is 0 Å². The lowest BCUT2D eigenvalue weighted by atomic mass is 10.1. The highest BCUT2D eigenvalue weighted by molar-refractivity contribution is 5.87. The highest BCUT2D eigenvalue weighted by Gasteiger charge is 2.11. The minimum atomic E-state index is -0.568. The van der Waals surface area contributed by atoms with Crippen LogP contribution in [0.15, 0.2) is 12.2 Å². The van der Waals surface area contributed by atoms with E-state index in [-0.39, 0.29) is 6.10 Å². The fraction of sp³-hybridized carbons (Fsp3) is 0.444. The van der Waals surface area contributed by atoms with Crippen LogP contribution in [0.2, 0.25) is 0 Å². The van der Waals surface area contributed by atoms with Gasteiger partial charge in [0.05, 0.1) is 0 Å². The van der Waals surface area contributed by atoms with Gasteiger partial charge >= 0.3 is 5.97 Å². The summed E-state index contributed by atoms with van der Waals surface area (Å²) >= 11 is 0. The predicted molar refractivity (Wildman–Crippen MR) is 41.7 cm³/mol. The number of hydrogen-bond donors (Lipinski definition) is 0. The number of esters is 1. The van der Waals surface area contributed by atoms with E-state index in [4.69, 9.17) is 11.2 Å². The Kier molecular flexibility index (Phi) is 2.74. The molecule has 1 aliphatic carbocycles. The quantitative estimate of drug-likeness (QED) is 0.243. The highest BCUT2D eigenvalue weighted by atomic mass is 16.5. The zero-order valence-electron chi connectivity index (χ0n) is 6.25. The fourth-order valence-electron chi connectivity index (χ4n) is 1.05. The third-order valence-electron chi connectivity index (χ3n) is 1.59. The monoisotopic (exact) mass is 150 g/mol. The van der Waals surface area contributed by atoms with Crippen molar-refractivity contribution in [2.24, 2.45) is 0 Å². The summed E-state index contributed by atoms with van der Waals surface area (Å²) in [6, 6.07) is 0. The number of carbonyl (C=O) groups excluding carboxylic acids is 1. The average molecular weight is 150 g/mol. The summed E-state index contributed by atoms with van der Waals surface area (Å²) in [5, 5.41) is 0. The average Bonchev–Trinajstić information content (AvgIpc) is 2.06. The summed E-state index contributed by atoms with van der Waals surface area (Å²) in [6.45, 7) is 0. The molecule has 0 heterocycles. The van der Waals surface area contributed by atoms with Crippen LogP contribution < -0.4 is 0 Å². The number of rotatable bonds is 1. The Morgan fingerprint density at radius 3 is 3.09 bits per heavy atom. The van der Waals surface area contributed by atoms with Gasteiger partial charge in [0.15, 0.2) is 0 Å². The van der Waals surface area contributed by atoms with Crippen molar-refractivity contribution in [1.29, 1.82) is 0 Å². The molecule has 0 aliphatic heterocycles. The first-order chi connectivity index (χ1) is 5.33. The van der Waals surface area contributed by atoms with E-state index in [0.29, 0.717) is 0 Å². The zero-order valence-corrected chi connectivity index (χ0v) is 6.25. The maximum atomic E-state index is 10.6.